The number of imidazole rings is 2. The van der Waals surface area contributed by atoms with Crippen LogP contribution >= 0.6 is 0 Å². The molecule has 2 aliphatic heterocycles. The van der Waals surface area contributed by atoms with Crippen molar-refractivity contribution >= 4 is 23.5 Å². The van der Waals surface area contributed by atoms with Crippen LogP contribution in [0.5, 0.6) is 0 Å². The van der Waals surface area contributed by atoms with Gasteiger partial charge in [0, 0.05) is 76.2 Å². The SMILES string of the molecule is Cc1c(/C=C(\F)c2nc3c(n2C)CCN(C)C3)cccc1-c1cccc(NC(=O)c2nc3c(n2C)CCN(C(C)C)C3)c1C. The topological polar surface area (TPSA) is 71.2 Å². The number of halogens is 1. The van der Waals surface area contributed by atoms with Gasteiger partial charge >= 0.3 is 0 Å². The number of fused-ring (bicyclic) bond motifs is 2. The average Bonchev–Trinajstić information content (AvgIpc) is 3.51. The van der Waals surface area contributed by atoms with Crippen LogP contribution in [-0.2, 0) is 40.0 Å². The Bertz CT molecular complexity index is 1780. The van der Waals surface area contributed by atoms with Gasteiger partial charge in [0.1, 0.15) is 0 Å². The number of aromatic nitrogens is 4. The third-order valence-corrected chi connectivity index (χ3v) is 9.41. The van der Waals surface area contributed by atoms with Crippen LogP contribution in [0.25, 0.3) is 23.0 Å². The monoisotopic (exact) mass is 595 g/mol. The summed E-state index contributed by atoms with van der Waals surface area (Å²) >= 11 is 0. The largest absolute Gasteiger partial charge is 0.329 e. The Morgan fingerprint density at radius 3 is 2.20 bits per heavy atom. The van der Waals surface area contributed by atoms with Gasteiger partial charge in [0.2, 0.25) is 0 Å². The summed E-state index contributed by atoms with van der Waals surface area (Å²) < 4.78 is 19.5. The maximum absolute atomic E-state index is 15.7. The Kier molecular flexibility index (Phi) is 8.02. The molecule has 6 rings (SSSR count). The molecule has 4 heterocycles. The number of anilines is 1. The van der Waals surface area contributed by atoms with Gasteiger partial charge in [-0.15, -0.1) is 0 Å². The molecule has 9 heteroatoms. The van der Waals surface area contributed by atoms with Crippen LogP contribution in [-0.4, -0.2) is 61.0 Å². The summed E-state index contributed by atoms with van der Waals surface area (Å²) in [5.41, 5.74) is 9.55. The van der Waals surface area contributed by atoms with Gasteiger partial charge in [0.25, 0.3) is 5.91 Å². The molecule has 4 aromatic rings. The van der Waals surface area contributed by atoms with Gasteiger partial charge in [-0.25, -0.2) is 14.4 Å². The van der Waals surface area contributed by atoms with E-state index in [2.05, 4.69) is 41.0 Å². The van der Waals surface area contributed by atoms with E-state index in [1.165, 1.54) is 0 Å². The molecule has 0 bridgehead atoms. The fourth-order valence-corrected chi connectivity index (χ4v) is 6.61. The lowest BCUT2D eigenvalue weighted by Gasteiger charge is -2.29. The molecule has 0 aliphatic carbocycles. The van der Waals surface area contributed by atoms with Crippen molar-refractivity contribution in [3.05, 3.63) is 87.5 Å². The maximum atomic E-state index is 15.7. The maximum Gasteiger partial charge on any atom is 0.291 e. The molecule has 2 aromatic heterocycles. The molecule has 0 saturated carbocycles. The van der Waals surface area contributed by atoms with Gasteiger partial charge in [-0.05, 0) is 74.7 Å². The van der Waals surface area contributed by atoms with Crippen LogP contribution in [0.15, 0.2) is 36.4 Å². The summed E-state index contributed by atoms with van der Waals surface area (Å²) in [7, 11) is 5.88. The van der Waals surface area contributed by atoms with Crippen LogP contribution in [0, 0.1) is 13.8 Å². The molecule has 0 unspecified atom stereocenters. The normalized spacial score (nSPS) is 15.9. The zero-order chi connectivity index (χ0) is 31.3. The lowest BCUT2D eigenvalue weighted by atomic mass is 9.92. The molecule has 0 atom stereocenters. The number of hydrogen-bond acceptors (Lipinski definition) is 5. The lowest BCUT2D eigenvalue weighted by molar-refractivity contribution is 0.101. The number of nitrogens with zero attached hydrogens (tertiary/aromatic N) is 6. The van der Waals surface area contributed by atoms with E-state index >= 15 is 4.39 Å². The Morgan fingerprint density at radius 2 is 1.48 bits per heavy atom. The summed E-state index contributed by atoms with van der Waals surface area (Å²) in [6, 6.07) is 12.3. The highest BCUT2D eigenvalue weighted by Gasteiger charge is 2.27. The van der Waals surface area contributed by atoms with Gasteiger partial charge in [-0.3, -0.25) is 9.69 Å². The highest BCUT2D eigenvalue weighted by Crippen LogP contribution is 2.34. The molecule has 44 heavy (non-hydrogen) atoms. The number of carbonyl (C=O) groups excluding carboxylic acids is 1. The van der Waals surface area contributed by atoms with Gasteiger partial charge in [-0.2, -0.15) is 0 Å². The van der Waals surface area contributed by atoms with Crippen molar-refractivity contribution in [3.8, 4) is 11.1 Å². The second kappa shape index (κ2) is 11.8. The number of hydrogen-bond donors (Lipinski definition) is 1. The van der Waals surface area contributed by atoms with E-state index in [1.807, 2.05) is 73.5 Å². The molecule has 8 nitrogen and oxygen atoms in total. The predicted octanol–water partition coefficient (Wildman–Crippen LogP) is 5.91. The van der Waals surface area contributed by atoms with Gasteiger partial charge < -0.3 is 19.4 Å². The van der Waals surface area contributed by atoms with Crippen molar-refractivity contribution in [3.63, 3.8) is 0 Å². The van der Waals surface area contributed by atoms with Gasteiger partial charge in [-0.1, -0.05) is 30.3 Å². The van der Waals surface area contributed by atoms with E-state index in [0.717, 1.165) is 95.3 Å². The van der Waals surface area contributed by atoms with Crippen LogP contribution in [0.2, 0.25) is 0 Å². The number of amides is 1. The fourth-order valence-electron chi connectivity index (χ4n) is 6.61. The third-order valence-electron chi connectivity index (χ3n) is 9.41. The number of nitrogens with one attached hydrogen (secondary N) is 1. The molecule has 2 aromatic carbocycles. The van der Waals surface area contributed by atoms with Crippen LogP contribution < -0.4 is 5.32 Å². The van der Waals surface area contributed by atoms with Crippen molar-refractivity contribution in [2.24, 2.45) is 14.1 Å². The highest BCUT2D eigenvalue weighted by atomic mass is 19.1. The van der Waals surface area contributed by atoms with Crippen molar-refractivity contribution < 1.29 is 9.18 Å². The summed E-state index contributed by atoms with van der Waals surface area (Å²) in [5.74, 6) is 0.213. The summed E-state index contributed by atoms with van der Waals surface area (Å²) in [4.78, 5) is 27.5. The fraction of sp³-hybridized carbons (Fsp3) is 0.400. The van der Waals surface area contributed by atoms with E-state index in [-0.39, 0.29) is 11.7 Å². The van der Waals surface area contributed by atoms with Crippen molar-refractivity contribution in [1.82, 2.24) is 28.9 Å². The molecule has 1 amide bonds. The number of benzene rings is 2. The molecule has 0 radical (unpaired) electrons. The summed E-state index contributed by atoms with van der Waals surface area (Å²) in [6.07, 6.45) is 3.33. The van der Waals surface area contributed by atoms with E-state index in [9.17, 15) is 4.79 Å². The first-order chi connectivity index (χ1) is 21.0. The molecule has 0 saturated heterocycles. The molecule has 230 valence electrons. The van der Waals surface area contributed by atoms with Crippen molar-refractivity contribution in [1.29, 1.82) is 0 Å². The van der Waals surface area contributed by atoms with Crippen molar-refractivity contribution in [2.45, 2.75) is 59.7 Å². The minimum atomic E-state index is -0.350. The summed E-state index contributed by atoms with van der Waals surface area (Å²) in [5, 5.41) is 3.12. The van der Waals surface area contributed by atoms with E-state index < -0.39 is 0 Å². The van der Waals surface area contributed by atoms with Crippen LogP contribution in [0.3, 0.4) is 0 Å². The Balaban J connectivity index is 1.27. The Hall–Kier alpha value is -4.08. The van der Waals surface area contributed by atoms with E-state index in [4.69, 9.17) is 4.98 Å². The van der Waals surface area contributed by atoms with E-state index in [1.54, 1.807) is 6.08 Å². The highest BCUT2D eigenvalue weighted by molar-refractivity contribution is 6.03. The first-order valence-corrected chi connectivity index (χ1v) is 15.4. The van der Waals surface area contributed by atoms with Gasteiger partial charge in [0.15, 0.2) is 17.5 Å². The van der Waals surface area contributed by atoms with Crippen LogP contribution in [0.1, 0.15) is 69.8 Å². The molecule has 0 fully saturated rings. The number of rotatable bonds is 6. The lowest BCUT2D eigenvalue weighted by Crippen LogP contribution is -2.36. The quantitative estimate of drug-likeness (QED) is 0.300. The number of likely N-dealkylation sites (N-methyl/N-ethyl adjacent to an activating group) is 1. The Labute approximate surface area is 259 Å². The minimum Gasteiger partial charge on any atom is -0.329 e. The summed E-state index contributed by atoms with van der Waals surface area (Å²) in [6.45, 7) is 11.8. The van der Waals surface area contributed by atoms with Crippen molar-refractivity contribution in [2.75, 3.05) is 25.5 Å². The standard InChI is InChI=1S/C35H42FN7O/c1-21(2)43-17-15-32-30(20-43)38-34(42(32)7)35(44)39-28-13-9-12-26(23(28)4)25-11-8-10-24(22(25)3)18-27(36)33-37-29-19-40(5)16-14-31(29)41(33)6/h8-13,18,21H,14-17,19-20H2,1-7H3,(H,39,44)/b27-18-. The molecular formula is C35H42FN7O. The Morgan fingerprint density at radius 1 is 0.864 bits per heavy atom. The number of carbonyl (C=O) groups is 1. The minimum absolute atomic E-state index is 0.224. The van der Waals surface area contributed by atoms with Gasteiger partial charge in [0.05, 0.1) is 11.4 Å². The average molecular weight is 596 g/mol. The van der Waals surface area contributed by atoms with E-state index in [0.29, 0.717) is 17.7 Å². The molecule has 0 spiro atoms. The molecule has 2 aliphatic rings. The second-order valence-electron chi connectivity index (χ2n) is 12.5. The second-order valence-corrected chi connectivity index (χ2v) is 12.5. The molecular weight excluding hydrogens is 553 g/mol. The predicted molar refractivity (Wildman–Crippen MR) is 174 cm³/mol. The first-order valence-electron chi connectivity index (χ1n) is 15.4. The zero-order valence-corrected chi connectivity index (χ0v) is 26.8. The zero-order valence-electron chi connectivity index (χ0n) is 26.8. The first kappa shape index (κ1) is 30.0. The smallest absolute Gasteiger partial charge is 0.291 e. The third kappa shape index (κ3) is 5.39. The molecule has 1 N–H and O–H groups in total. The van der Waals surface area contributed by atoms with Crippen LogP contribution in [0.4, 0.5) is 10.1 Å².